The lowest BCUT2D eigenvalue weighted by Crippen LogP contribution is -2.14. The maximum atomic E-state index is 11.2. The van der Waals surface area contributed by atoms with Crippen LogP contribution in [0.25, 0.3) is 0 Å². The highest BCUT2D eigenvalue weighted by molar-refractivity contribution is 7.10. The van der Waals surface area contributed by atoms with Gasteiger partial charge in [-0.1, -0.05) is 0 Å². The Kier molecular flexibility index (Phi) is 3.53. The molecule has 0 aliphatic carbocycles. The minimum atomic E-state index is -0.511. The molecule has 0 saturated carbocycles. The monoisotopic (exact) mass is 261 g/mol. The van der Waals surface area contributed by atoms with Crippen molar-refractivity contribution in [1.82, 2.24) is 0 Å². The van der Waals surface area contributed by atoms with Gasteiger partial charge in [0.25, 0.3) is 5.91 Å². The Morgan fingerprint density at radius 1 is 1.39 bits per heavy atom. The van der Waals surface area contributed by atoms with Gasteiger partial charge in [0.2, 0.25) is 0 Å². The van der Waals surface area contributed by atoms with Crippen molar-refractivity contribution in [2.24, 2.45) is 5.73 Å². The minimum absolute atomic E-state index is 0.350. The summed E-state index contributed by atoms with van der Waals surface area (Å²) in [5.41, 5.74) is 13.8. The molecule has 1 heterocycles. The van der Waals surface area contributed by atoms with Crippen molar-refractivity contribution in [3.05, 3.63) is 45.6 Å². The summed E-state index contributed by atoms with van der Waals surface area (Å²) in [6.45, 7) is 2.80. The van der Waals surface area contributed by atoms with Crippen LogP contribution in [0.4, 0.5) is 11.4 Å². The van der Waals surface area contributed by atoms with Crippen molar-refractivity contribution in [1.29, 1.82) is 0 Å². The Labute approximate surface area is 110 Å². The molecule has 0 aliphatic rings. The van der Waals surface area contributed by atoms with Crippen LogP contribution in [0.5, 0.6) is 0 Å². The number of rotatable bonds is 4. The number of nitrogens with two attached hydrogens (primary N) is 2. The number of hydrogen-bond donors (Lipinski definition) is 3. The minimum Gasteiger partial charge on any atom is -0.398 e. The SMILES string of the molecule is Cc1ccsc1CNc1ccc(N)c(C(N)=O)c1. The van der Waals surface area contributed by atoms with Crippen LogP contribution in [0.3, 0.4) is 0 Å². The molecular weight excluding hydrogens is 246 g/mol. The number of primary amides is 1. The topological polar surface area (TPSA) is 81.1 Å². The van der Waals surface area contributed by atoms with Gasteiger partial charge in [-0.15, -0.1) is 11.3 Å². The van der Waals surface area contributed by atoms with Gasteiger partial charge >= 0.3 is 0 Å². The molecule has 94 valence electrons. The first-order valence-electron chi connectivity index (χ1n) is 5.54. The Bertz CT molecular complexity index is 577. The summed E-state index contributed by atoms with van der Waals surface area (Å²) in [7, 11) is 0. The molecule has 2 aromatic rings. The van der Waals surface area contributed by atoms with E-state index in [0.717, 1.165) is 12.2 Å². The van der Waals surface area contributed by atoms with Crippen molar-refractivity contribution in [3.8, 4) is 0 Å². The molecule has 0 bridgehead atoms. The highest BCUT2D eigenvalue weighted by atomic mass is 32.1. The van der Waals surface area contributed by atoms with E-state index in [4.69, 9.17) is 11.5 Å². The number of nitrogen functional groups attached to an aromatic ring is 1. The van der Waals surface area contributed by atoms with Crippen molar-refractivity contribution in [2.75, 3.05) is 11.1 Å². The molecule has 2 rings (SSSR count). The second-order valence-corrected chi connectivity index (χ2v) is 5.05. The van der Waals surface area contributed by atoms with Gasteiger partial charge in [0.1, 0.15) is 0 Å². The average molecular weight is 261 g/mol. The molecule has 1 aromatic heterocycles. The smallest absolute Gasteiger partial charge is 0.250 e. The number of carbonyl (C=O) groups excluding carboxylic acids is 1. The number of aryl methyl sites for hydroxylation is 1. The van der Waals surface area contributed by atoms with Gasteiger partial charge in [0, 0.05) is 22.8 Å². The lowest BCUT2D eigenvalue weighted by Gasteiger charge is -2.08. The third-order valence-electron chi connectivity index (χ3n) is 2.74. The fourth-order valence-electron chi connectivity index (χ4n) is 1.65. The van der Waals surface area contributed by atoms with Crippen LogP contribution in [0.15, 0.2) is 29.6 Å². The number of nitrogens with one attached hydrogen (secondary N) is 1. The third-order valence-corrected chi connectivity index (χ3v) is 3.76. The van der Waals surface area contributed by atoms with E-state index in [9.17, 15) is 4.79 Å². The van der Waals surface area contributed by atoms with E-state index in [1.54, 1.807) is 23.5 Å². The molecule has 1 aromatic carbocycles. The summed E-state index contributed by atoms with van der Waals surface area (Å²) >= 11 is 1.70. The molecular formula is C13H15N3OS. The van der Waals surface area contributed by atoms with Gasteiger partial charge in [-0.3, -0.25) is 4.79 Å². The zero-order chi connectivity index (χ0) is 13.1. The number of amides is 1. The summed E-state index contributed by atoms with van der Waals surface area (Å²) in [6, 6.07) is 7.29. The van der Waals surface area contributed by atoms with Crippen molar-refractivity contribution >= 4 is 28.6 Å². The normalized spacial score (nSPS) is 10.3. The van der Waals surface area contributed by atoms with Gasteiger partial charge in [0.15, 0.2) is 0 Å². The second kappa shape index (κ2) is 5.10. The number of carbonyl (C=O) groups is 1. The van der Waals surface area contributed by atoms with Gasteiger partial charge in [-0.25, -0.2) is 0 Å². The Balaban J connectivity index is 2.13. The van der Waals surface area contributed by atoms with Crippen LogP contribution in [0.1, 0.15) is 20.8 Å². The van der Waals surface area contributed by atoms with Gasteiger partial charge in [0.05, 0.1) is 5.56 Å². The van der Waals surface area contributed by atoms with Gasteiger partial charge in [-0.05, 0) is 42.1 Å². The van der Waals surface area contributed by atoms with Crippen molar-refractivity contribution in [2.45, 2.75) is 13.5 Å². The lowest BCUT2D eigenvalue weighted by molar-refractivity contribution is 0.100. The lowest BCUT2D eigenvalue weighted by atomic mass is 10.1. The first-order chi connectivity index (χ1) is 8.58. The van der Waals surface area contributed by atoms with Crippen LogP contribution in [-0.2, 0) is 6.54 Å². The molecule has 0 spiro atoms. The van der Waals surface area contributed by atoms with E-state index >= 15 is 0 Å². The van der Waals surface area contributed by atoms with Gasteiger partial charge < -0.3 is 16.8 Å². The first kappa shape index (κ1) is 12.4. The summed E-state index contributed by atoms with van der Waals surface area (Å²) in [6.07, 6.45) is 0. The van der Waals surface area contributed by atoms with Crippen LogP contribution in [0, 0.1) is 6.92 Å². The molecule has 18 heavy (non-hydrogen) atoms. The van der Waals surface area contributed by atoms with Crippen LogP contribution in [-0.4, -0.2) is 5.91 Å². The summed E-state index contributed by atoms with van der Waals surface area (Å²) in [5.74, 6) is -0.511. The number of thiophene rings is 1. The average Bonchev–Trinajstić information content (AvgIpc) is 2.73. The van der Waals surface area contributed by atoms with Gasteiger partial charge in [-0.2, -0.15) is 0 Å². The molecule has 5 N–H and O–H groups in total. The fraction of sp³-hybridized carbons (Fsp3) is 0.154. The van der Waals surface area contributed by atoms with Crippen molar-refractivity contribution < 1.29 is 4.79 Å². The number of benzene rings is 1. The summed E-state index contributed by atoms with van der Waals surface area (Å²) in [4.78, 5) is 12.4. The summed E-state index contributed by atoms with van der Waals surface area (Å²) < 4.78 is 0. The maximum absolute atomic E-state index is 11.2. The van der Waals surface area contributed by atoms with E-state index < -0.39 is 5.91 Å². The first-order valence-corrected chi connectivity index (χ1v) is 6.42. The standard InChI is InChI=1S/C13H15N3OS/c1-8-4-5-18-12(8)7-16-9-2-3-11(14)10(6-9)13(15)17/h2-6,16H,7,14H2,1H3,(H2,15,17). The van der Waals surface area contributed by atoms with E-state index in [1.807, 2.05) is 6.07 Å². The third kappa shape index (κ3) is 2.62. The highest BCUT2D eigenvalue weighted by Gasteiger charge is 2.07. The molecule has 0 fully saturated rings. The quantitative estimate of drug-likeness (QED) is 0.739. The van der Waals surface area contributed by atoms with Crippen LogP contribution >= 0.6 is 11.3 Å². The molecule has 1 amide bonds. The fourth-order valence-corrected chi connectivity index (χ4v) is 2.49. The highest BCUT2D eigenvalue weighted by Crippen LogP contribution is 2.20. The number of anilines is 2. The Morgan fingerprint density at radius 3 is 2.78 bits per heavy atom. The Morgan fingerprint density at radius 2 is 2.17 bits per heavy atom. The van der Waals surface area contributed by atoms with E-state index in [2.05, 4.69) is 23.7 Å². The molecule has 5 heteroatoms. The molecule has 0 radical (unpaired) electrons. The predicted octanol–water partition coefficient (Wildman–Crippen LogP) is 2.35. The molecule has 0 unspecified atom stereocenters. The predicted molar refractivity (Wildman–Crippen MR) is 75.8 cm³/mol. The zero-order valence-electron chi connectivity index (χ0n) is 10.1. The van der Waals surface area contributed by atoms with E-state index in [0.29, 0.717) is 11.3 Å². The zero-order valence-corrected chi connectivity index (χ0v) is 10.9. The van der Waals surface area contributed by atoms with Crippen LogP contribution < -0.4 is 16.8 Å². The second-order valence-electron chi connectivity index (χ2n) is 4.05. The van der Waals surface area contributed by atoms with E-state index in [1.165, 1.54) is 10.4 Å². The van der Waals surface area contributed by atoms with E-state index in [-0.39, 0.29) is 0 Å². The number of hydrogen-bond acceptors (Lipinski definition) is 4. The largest absolute Gasteiger partial charge is 0.398 e. The maximum Gasteiger partial charge on any atom is 0.250 e. The molecule has 4 nitrogen and oxygen atoms in total. The molecule has 0 atom stereocenters. The summed E-state index contributed by atoms with van der Waals surface area (Å²) in [5, 5.41) is 5.32. The van der Waals surface area contributed by atoms with Crippen LogP contribution in [0.2, 0.25) is 0 Å². The Hall–Kier alpha value is -2.01. The van der Waals surface area contributed by atoms with Crippen molar-refractivity contribution in [3.63, 3.8) is 0 Å². The molecule has 0 aliphatic heterocycles. The molecule has 0 saturated heterocycles.